The Bertz CT molecular complexity index is 1520. The van der Waals surface area contributed by atoms with E-state index < -0.39 is 22.6 Å². The monoisotopic (exact) mass is 563 g/mol. The van der Waals surface area contributed by atoms with Crippen molar-refractivity contribution >= 4 is 22.5 Å². The summed E-state index contributed by atoms with van der Waals surface area (Å²) in [5, 5.41) is 13.4. The van der Waals surface area contributed by atoms with Crippen LogP contribution < -0.4 is 10.2 Å². The number of carbonyl (C=O) groups is 1. The quantitative estimate of drug-likeness (QED) is 0.456. The van der Waals surface area contributed by atoms with Crippen molar-refractivity contribution < 1.29 is 22.7 Å². The van der Waals surface area contributed by atoms with Gasteiger partial charge in [0.25, 0.3) is 0 Å². The van der Waals surface area contributed by atoms with Gasteiger partial charge in [0.15, 0.2) is 0 Å². The molecule has 1 N–H and O–H groups in total. The number of nitriles is 1. The highest BCUT2D eigenvalue weighted by Crippen LogP contribution is 2.70. The number of hydrogen-bond donors (Lipinski definition) is 1. The lowest BCUT2D eigenvalue weighted by molar-refractivity contribution is -0.139. The van der Waals surface area contributed by atoms with Crippen LogP contribution in [0.3, 0.4) is 0 Å². The largest absolute Gasteiger partial charge is 0.416 e. The first kappa shape index (κ1) is 27.5. The van der Waals surface area contributed by atoms with Gasteiger partial charge in [0.05, 0.1) is 35.3 Å². The van der Waals surface area contributed by atoms with Gasteiger partial charge >= 0.3 is 6.18 Å². The van der Waals surface area contributed by atoms with Crippen LogP contribution >= 0.6 is 0 Å². The van der Waals surface area contributed by atoms with Gasteiger partial charge in [0.2, 0.25) is 5.91 Å². The summed E-state index contributed by atoms with van der Waals surface area (Å²) in [5.41, 5.74) is -0.787. The maximum Gasteiger partial charge on any atom is 0.416 e. The number of carbonyl (C=O) groups excluding carboxylic acids is 1. The zero-order chi connectivity index (χ0) is 28.8. The molecule has 2 aromatic carbocycles. The van der Waals surface area contributed by atoms with Crippen molar-refractivity contribution in [1.29, 1.82) is 5.26 Å². The molecule has 6 rings (SSSR count). The number of piperidine rings is 1. The molecule has 214 valence electrons. The number of hydrogen-bond acceptors (Lipinski definition) is 6. The van der Waals surface area contributed by atoms with Crippen molar-refractivity contribution in [3.8, 4) is 6.07 Å². The van der Waals surface area contributed by atoms with Crippen LogP contribution in [0.5, 0.6) is 0 Å². The van der Waals surface area contributed by atoms with E-state index in [1.165, 1.54) is 12.1 Å². The van der Waals surface area contributed by atoms with E-state index in [-0.39, 0.29) is 30.6 Å². The van der Waals surface area contributed by atoms with Gasteiger partial charge in [-0.1, -0.05) is 18.2 Å². The van der Waals surface area contributed by atoms with E-state index >= 15 is 0 Å². The summed E-state index contributed by atoms with van der Waals surface area (Å²) < 4.78 is 48.1. The van der Waals surface area contributed by atoms with Crippen LogP contribution in [0.25, 0.3) is 10.9 Å². The fourth-order valence-corrected chi connectivity index (χ4v) is 7.01. The molecule has 0 spiro atoms. The van der Waals surface area contributed by atoms with Crippen molar-refractivity contribution in [3.05, 3.63) is 71.4 Å². The third-order valence-corrected chi connectivity index (χ3v) is 9.22. The van der Waals surface area contributed by atoms with Gasteiger partial charge in [-0.05, 0) is 55.7 Å². The van der Waals surface area contributed by atoms with E-state index in [9.17, 15) is 23.2 Å². The topological polar surface area (TPSA) is 81.5 Å². The van der Waals surface area contributed by atoms with Crippen LogP contribution in [0.2, 0.25) is 0 Å². The molecule has 0 radical (unpaired) electrons. The maximum absolute atomic E-state index is 14.2. The average Bonchev–Trinajstić information content (AvgIpc) is 3.52. The molecule has 2 aliphatic heterocycles. The van der Waals surface area contributed by atoms with Crippen LogP contribution in [-0.2, 0) is 21.1 Å². The molecule has 3 aromatic rings. The van der Waals surface area contributed by atoms with E-state index in [0.29, 0.717) is 37.3 Å². The number of halogens is 3. The summed E-state index contributed by atoms with van der Waals surface area (Å²) in [6.45, 7) is 6.18. The predicted octanol–water partition coefficient (Wildman–Crippen LogP) is 4.50. The number of pyridine rings is 1. The van der Waals surface area contributed by atoms with Gasteiger partial charge in [-0.2, -0.15) is 18.4 Å². The molecular formula is C31H32F3N5O2. The molecule has 3 heterocycles. The van der Waals surface area contributed by atoms with Gasteiger partial charge in [-0.15, -0.1) is 0 Å². The molecule has 1 saturated carbocycles. The summed E-state index contributed by atoms with van der Waals surface area (Å²) in [6, 6.07) is 15.2. The molecule has 0 bridgehead atoms. The Morgan fingerprint density at radius 3 is 2.68 bits per heavy atom. The molecule has 1 unspecified atom stereocenters. The number of nitrogens with one attached hydrogen (secondary N) is 1. The van der Waals surface area contributed by atoms with Crippen molar-refractivity contribution in [1.82, 2.24) is 15.2 Å². The minimum absolute atomic E-state index is 0.169. The van der Waals surface area contributed by atoms with Gasteiger partial charge in [0.1, 0.15) is 6.07 Å². The summed E-state index contributed by atoms with van der Waals surface area (Å²) in [5.74, 6) is -0.206. The van der Waals surface area contributed by atoms with Crippen LogP contribution in [0, 0.1) is 16.7 Å². The molecule has 7 nitrogen and oxygen atoms in total. The average molecular weight is 564 g/mol. The fourth-order valence-electron chi connectivity index (χ4n) is 7.01. The number of anilines is 1. The Kier molecular flexibility index (Phi) is 6.91. The normalized spacial score (nSPS) is 25.0. The predicted molar refractivity (Wildman–Crippen MR) is 148 cm³/mol. The molecule has 1 aliphatic carbocycles. The highest BCUT2D eigenvalue weighted by atomic mass is 19.4. The number of amides is 1. The van der Waals surface area contributed by atoms with Gasteiger partial charge in [-0.25, -0.2) is 0 Å². The molecule has 3 fully saturated rings. The second-order valence-electron chi connectivity index (χ2n) is 11.4. The van der Waals surface area contributed by atoms with Crippen LogP contribution in [-0.4, -0.2) is 67.8 Å². The van der Waals surface area contributed by atoms with Crippen molar-refractivity contribution in [3.63, 3.8) is 0 Å². The lowest BCUT2D eigenvalue weighted by Crippen LogP contribution is -2.44. The van der Waals surface area contributed by atoms with Crippen LogP contribution in [0.4, 0.5) is 18.9 Å². The fraction of sp³-hybridized carbons (Fsp3) is 0.452. The Labute approximate surface area is 236 Å². The van der Waals surface area contributed by atoms with E-state index in [1.54, 1.807) is 24.4 Å². The molecule has 2 saturated heterocycles. The minimum Gasteiger partial charge on any atom is -0.379 e. The second kappa shape index (κ2) is 10.3. The number of benzene rings is 2. The summed E-state index contributed by atoms with van der Waals surface area (Å²) >= 11 is 0. The van der Waals surface area contributed by atoms with Crippen molar-refractivity contribution in [2.75, 3.05) is 50.8 Å². The standard InChI is InChI=1S/C31H32F3N5O2/c1-21(38-13-15-41-16-14-38)10-12-37-28(40)30-18-29(30,24-6-2-3-7-25(24)31(32,33)34)19-39(20-30)26-9-8-22(17-35)27-23(26)5-4-11-36-27/h2-9,11,21H,10,12-16,18-20H2,1H3,(H,37,40)/t21?,29-,30+/m0/s1. The van der Waals surface area contributed by atoms with Crippen LogP contribution in [0.15, 0.2) is 54.7 Å². The first-order valence-electron chi connectivity index (χ1n) is 14.0. The highest BCUT2D eigenvalue weighted by molar-refractivity contribution is 5.97. The smallest absolute Gasteiger partial charge is 0.379 e. The van der Waals surface area contributed by atoms with Gasteiger partial charge in [-0.3, -0.25) is 14.7 Å². The third-order valence-electron chi connectivity index (χ3n) is 9.22. The van der Waals surface area contributed by atoms with Gasteiger partial charge < -0.3 is 15.0 Å². The van der Waals surface area contributed by atoms with E-state index in [0.717, 1.165) is 36.7 Å². The minimum atomic E-state index is -4.54. The molecule has 1 amide bonds. The third kappa shape index (κ3) is 4.61. The number of nitrogens with zero attached hydrogens (tertiary/aromatic N) is 4. The summed E-state index contributed by atoms with van der Waals surface area (Å²) in [6.07, 6.45) is -1.84. The summed E-state index contributed by atoms with van der Waals surface area (Å²) in [4.78, 5) is 22.7. The highest BCUT2D eigenvalue weighted by Gasteiger charge is 2.77. The molecule has 1 aromatic heterocycles. The number of aromatic nitrogens is 1. The molecule has 41 heavy (non-hydrogen) atoms. The second-order valence-corrected chi connectivity index (χ2v) is 11.4. The van der Waals surface area contributed by atoms with E-state index in [4.69, 9.17) is 4.74 Å². The number of fused-ring (bicyclic) bond motifs is 2. The number of ether oxygens (including phenoxy) is 1. The number of rotatable bonds is 7. The Balaban J connectivity index is 1.32. The van der Waals surface area contributed by atoms with E-state index in [2.05, 4.69) is 28.2 Å². The maximum atomic E-state index is 14.2. The number of alkyl halides is 3. The Morgan fingerprint density at radius 2 is 1.93 bits per heavy atom. The first-order chi connectivity index (χ1) is 19.7. The SMILES string of the molecule is CC(CCNC(=O)[C@@]12CN(c3ccc(C#N)c4ncccc34)C[C@]1(c1ccccc1C(F)(F)F)C2)N1CCOCC1. The van der Waals surface area contributed by atoms with Crippen molar-refractivity contribution in [2.45, 2.75) is 37.4 Å². The lowest BCUT2D eigenvalue weighted by atomic mass is 9.85. The molecular weight excluding hydrogens is 531 g/mol. The number of morpholine rings is 1. The van der Waals surface area contributed by atoms with Crippen molar-refractivity contribution in [2.24, 2.45) is 5.41 Å². The Hall–Kier alpha value is -3.68. The zero-order valence-corrected chi connectivity index (χ0v) is 22.9. The summed E-state index contributed by atoms with van der Waals surface area (Å²) in [7, 11) is 0. The molecule has 10 heteroatoms. The first-order valence-corrected chi connectivity index (χ1v) is 14.0. The van der Waals surface area contributed by atoms with Gasteiger partial charge in [0, 0.05) is 61.5 Å². The van der Waals surface area contributed by atoms with E-state index in [1.807, 2.05) is 17.0 Å². The zero-order valence-electron chi connectivity index (χ0n) is 22.9. The lowest BCUT2D eigenvalue weighted by Gasteiger charge is -2.32. The Morgan fingerprint density at radius 1 is 1.15 bits per heavy atom. The van der Waals surface area contributed by atoms with Crippen LogP contribution in [0.1, 0.15) is 36.5 Å². The molecule has 3 atom stereocenters. The molecule has 3 aliphatic rings.